The molecule has 0 bridgehead atoms. The van der Waals surface area contributed by atoms with Crippen molar-refractivity contribution in [3.8, 4) is 0 Å². The number of allylic oxidation sites excluding steroid dienone is 2. The molecule has 0 radical (unpaired) electrons. The third kappa shape index (κ3) is 9.27. The van der Waals surface area contributed by atoms with Gasteiger partial charge in [0.2, 0.25) is 0 Å². The van der Waals surface area contributed by atoms with Crippen molar-refractivity contribution >= 4 is 0 Å². The van der Waals surface area contributed by atoms with E-state index >= 15 is 0 Å². The second kappa shape index (κ2) is 14.4. The fourth-order valence-corrected chi connectivity index (χ4v) is 6.79. The maximum atomic E-state index is 15.0. The average molecular weight is 557 g/mol. The third-order valence-electron chi connectivity index (χ3n) is 9.27. The molecule has 1 heterocycles. The highest BCUT2D eigenvalue weighted by Crippen LogP contribution is 2.40. The molecule has 7 heteroatoms. The summed E-state index contributed by atoms with van der Waals surface area (Å²) in [5.41, 5.74) is 1.75. The number of unbranched alkanes of at least 4 members (excludes halogenated alkanes) is 2. The minimum Gasteiger partial charge on any atom is -0.352 e. The van der Waals surface area contributed by atoms with Crippen molar-refractivity contribution < 1.29 is 31.4 Å². The Morgan fingerprint density at radius 1 is 0.897 bits per heavy atom. The van der Waals surface area contributed by atoms with Crippen LogP contribution in [0.15, 0.2) is 30.1 Å². The van der Waals surface area contributed by atoms with Crippen LogP contribution in [0.25, 0.3) is 0 Å². The smallest absolute Gasteiger partial charge is 0.352 e. The number of ether oxygens (including phenoxy) is 2. The predicted molar refractivity (Wildman–Crippen MR) is 143 cm³/mol. The second-order valence-electron chi connectivity index (χ2n) is 12.2. The van der Waals surface area contributed by atoms with E-state index in [0.717, 1.165) is 50.9 Å². The van der Waals surface area contributed by atoms with E-state index < -0.39 is 17.9 Å². The Hall–Kier alpha value is -1.47. The average Bonchev–Trinajstić information content (AvgIpc) is 2.92. The molecule has 1 aromatic rings. The second-order valence-corrected chi connectivity index (χ2v) is 12.2. The van der Waals surface area contributed by atoms with Gasteiger partial charge in [-0.1, -0.05) is 38.3 Å². The molecule has 3 fully saturated rings. The van der Waals surface area contributed by atoms with E-state index in [-0.39, 0.29) is 18.2 Å². The zero-order valence-electron chi connectivity index (χ0n) is 23.3. The molecule has 0 aromatic heterocycles. The summed E-state index contributed by atoms with van der Waals surface area (Å²) in [6, 6.07) is 5.66. The van der Waals surface area contributed by atoms with Crippen LogP contribution in [0.1, 0.15) is 107 Å². The molecular formula is C32H45F5O2. The Bertz CT molecular complexity index is 906. The first-order chi connectivity index (χ1) is 18.7. The van der Waals surface area contributed by atoms with Crippen molar-refractivity contribution in [3.63, 3.8) is 0 Å². The molecule has 1 aliphatic heterocycles. The molecule has 0 unspecified atom stereocenters. The Labute approximate surface area is 230 Å². The van der Waals surface area contributed by atoms with Gasteiger partial charge >= 0.3 is 6.18 Å². The summed E-state index contributed by atoms with van der Waals surface area (Å²) in [5.74, 6) is -0.288. The quantitative estimate of drug-likeness (QED) is 0.211. The molecular weight excluding hydrogens is 511 g/mol. The highest BCUT2D eigenvalue weighted by molar-refractivity contribution is 5.27. The molecule has 220 valence electrons. The zero-order chi connectivity index (χ0) is 27.8. The Kier molecular flexibility index (Phi) is 11.3. The first-order valence-electron chi connectivity index (χ1n) is 15.2. The molecule has 1 saturated heterocycles. The van der Waals surface area contributed by atoms with Crippen LogP contribution >= 0.6 is 0 Å². The third-order valence-corrected chi connectivity index (χ3v) is 9.27. The van der Waals surface area contributed by atoms with Gasteiger partial charge < -0.3 is 9.47 Å². The van der Waals surface area contributed by atoms with Gasteiger partial charge in [0.05, 0.1) is 19.3 Å². The molecule has 0 spiro atoms. The summed E-state index contributed by atoms with van der Waals surface area (Å²) >= 11 is 0. The lowest BCUT2D eigenvalue weighted by Crippen LogP contribution is -2.38. The SMILES string of the molecule is CCCCCC1COC(C2CCC(c3ccc(CCC4CCC(C(F)=CC(F)(F)F)CC4)c(F)c3)CC2)OC1. The van der Waals surface area contributed by atoms with Gasteiger partial charge in [0.1, 0.15) is 11.6 Å². The van der Waals surface area contributed by atoms with Crippen LogP contribution in [0, 0.1) is 29.5 Å². The van der Waals surface area contributed by atoms with Crippen molar-refractivity contribution in [1.29, 1.82) is 0 Å². The zero-order valence-corrected chi connectivity index (χ0v) is 23.3. The van der Waals surface area contributed by atoms with Crippen molar-refractivity contribution in [2.24, 2.45) is 23.7 Å². The van der Waals surface area contributed by atoms with E-state index in [9.17, 15) is 22.0 Å². The number of rotatable bonds is 10. The topological polar surface area (TPSA) is 18.5 Å². The lowest BCUT2D eigenvalue weighted by Gasteiger charge is -2.37. The number of aryl methyl sites for hydroxylation is 1. The molecule has 0 amide bonds. The monoisotopic (exact) mass is 556 g/mol. The Balaban J connectivity index is 1.17. The molecule has 3 aliphatic rings. The van der Waals surface area contributed by atoms with Crippen molar-refractivity contribution in [1.82, 2.24) is 0 Å². The van der Waals surface area contributed by atoms with Crippen LogP contribution in [-0.4, -0.2) is 25.7 Å². The standard InChI is InChI=1S/C32H45F5O2/c1-2-3-4-5-23-20-38-31(39-21-23)27-15-12-24(13-16-27)28-17-14-25(29(33)18-28)9-6-22-7-10-26(11-8-22)30(34)19-32(35,36)37/h14,17-19,22-24,26-27,31H,2-13,15-16,20-21H2,1H3. The summed E-state index contributed by atoms with van der Waals surface area (Å²) in [7, 11) is 0. The number of halogens is 5. The summed E-state index contributed by atoms with van der Waals surface area (Å²) in [6.07, 6.45) is 7.66. The lowest BCUT2D eigenvalue weighted by atomic mass is 9.77. The molecule has 0 N–H and O–H groups in total. The van der Waals surface area contributed by atoms with Gasteiger partial charge in [0, 0.05) is 17.8 Å². The number of hydrogen-bond donors (Lipinski definition) is 0. The Morgan fingerprint density at radius 3 is 2.21 bits per heavy atom. The van der Waals surface area contributed by atoms with Crippen LogP contribution in [0.4, 0.5) is 22.0 Å². The minimum absolute atomic E-state index is 0.0975. The summed E-state index contributed by atoms with van der Waals surface area (Å²) in [6.45, 7) is 3.82. The van der Waals surface area contributed by atoms with E-state index in [1.54, 1.807) is 6.07 Å². The molecule has 2 saturated carbocycles. The lowest BCUT2D eigenvalue weighted by molar-refractivity contribution is -0.229. The van der Waals surface area contributed by atoms with Gasteiger partial charge in [-0.3, -0.25) is 0 Å². The normalized spacial score (nSPS) is 30.9. The number of hydrogen-bond acceptors (Lipinski definition) is 2. The highest BCUT2D eigenvalue weighted by Gasteiger charge is 2.33. The van der Waals surface area contributed by atoms with Gasteiger partial charge in [-0.05, 0) is 99.7 Å². The summed E-state index contributed by atoms with van der Waals surface area (Å²) < 4.78 is 78.3. The molecule has 4 rings (SSSR count). The van der Waals surface area contributed by atoms with E-state index in [1.165, 1.54) is 25.7 Å². The van der Waals surface area contributed by atoms with Crippen molar-refractivity contribution in [2.75, 3.05) is 13.2 Å². The minimum atomic E-state index is -4.61. The largest absolute Gasteiger partial charge is 0.412 e. The van der Waals surface area contributed by atoms with Crippen LogP contribution in [-0.2, 0) is 15.9 Å². The van der Waals surface area contributed by atoms with Gasteiger partial charge in [0.15, 0.2) is 6.29 Å². The molecule has 1 aromatic carbocycles. The fraction of sp³-hybridized carbons (Fsp3) is 0.750. The highest BCUT2D eigenvalue weighted by atomic mass is 19.4. The van der Waals surface area contributed by atoms with E-state index in [4.69, 9.17) is 9.47 Å². The van der Waals surface area contributed by atoms with Gasteiger partial charge in [0.25, 0.3) is 0 Å². The van der Waals surface area contributed by atoms with Gasteiger partial charge in [-0.2, -0.15) is 13.2 Å². The predicted octanol–water partition coefficient (Wildman–Crippen LogP) is 9.82. The fourth-order valence-electron chi connectivity index (χ4n) is 6.79. The number of alkyl halides is 3. The van der Waals surface area contributed by atoms with Crippen LogP contribution < -0.4 is 0 Å². The maximum Gasteiger partial charge on any atom is 0.412 e. The molecule has 2 aliphatic carbocycles. The van der Waals surface area contributed by atoms with E-state index in [1.807, 2.05) is 6.07 Å². The number of benzene rings is 1. The van der Waals surface area contributed by atoms with Crippen LogP contribution in [0.5, 0.6) is 0 Å². The summed E-state index contributed by atoms with van der Waals surface area (Å²) in [5, 5.41) is 0. The molecule has 39 heavy (non-hydrogen) atoms. The van der Waals surface area contributed by atoms with Gasteiger partial charge in [-0.25, -0.2) is 8.78 Å². The van der Waals surface area contributed by atoms with Crippen LogP contribution in [0.3, 0.4) is 0 Å². The Morgan fingerprint density at radius 2 is 1.59 bits per heavy atom. The molecule has 0 atom stereocenters. The van der Waals surface area contributed by atoms with Crippen molar-refractivity contribution in [2.45, 2.75) is 115 Å². The van der Waals surface area contributed by atoms with E-state index in [2.05, 4.69) is 13.0 Å². The van der Waals surface area contributed by atoms with E-state index in [0.29, 0.717) is 61.3 Å². The molecule has 2 nitrogen and oxygen atoms in total. The van der Waals surface area contributed by atoms with Gasteiger partial charge in [-0.15, -0.1) is 0 Å². The van der Waals surface area contributed by atoms with Crippen LogP contribution in [0.2, 0.25) is 0 Å². The first kappa shape index (κ1) is 30.5. The summed E-state index contributed by atoms with van der Waals surface area (Å²) in [4.78, 5) is 0. The van der Waals surface area contributed by atoms with Crippen molar-refractivity contribution in [3.05, 3.63) is 47.0 Å². The first-order valence-corrected chi connectivity index (χ1v) is 15.2. The maximum absolute atomic E-state index is 15.0.